The van der Waals surface area contributed by atoms with Crippen molar-refractivity contribution in [3.05, 3.63) is 143 Å². The fourth-order valence-electron chi connectivity index (χ4n) is 4.59. The molecule has 5 rings (SSSR count). The van der Waals surface area contributed by atoms with Gasteiger partial charge in [-0.3, -0.25) is 14.4 Å². The third-order valence-corrected chi connectivity index (χ3v) is 8.36. The van der Waals surface area contributed by atoms with E-state index in [9.17, 15) is 14.4 Å². The molecule has 44 heavy (non-hydrogen) atoms. The van der Waals surface area contributed by atoms with Crippen LogP contribution in [-0.4, -0.2) is 23.0 Å². The van der Waals surface area contributed by atoms with E-state index in [1.54, 1.807) is 60.7 Å². The van der Waals surface area contributed by atoms with E-state index < -0.39 is 11.8 Å². The van der Waals surface area contributed by atoms with E-state index in [1.807, 2.05) is 73.7 Å². The second kappa shape index (κ2) is 14.6. The molecule has 1 atom stereocenters. The lowest BCUT2D eigenvalue weighted by Crippen LogP contribution is -2.30. The average molecular weight is 620 g/mol. The first-order valence-electron chi connectivity index (χ1n) is 14.1. The zero-order valence-corrected chi connectivity index (χ0v) is 25.5. The van der Waals surface area contributed by atoms with Crippen LogP contribution in [0.2, 0.25) is 5.02 Å². The quantitative estimate of drug-likeness (QED) is 0.108. The Balaban J connectivity index is 1.31. The van der Waals surface area contributed by atoms with Gasteiger partial charge in [0.1, 0.15) is 5.70 Å². The van der Waals surface area contributed by atoms with Crippen LogP contribution in [0.4, 0.5) is 11.4 Å². The molecule has 0 aliphatic rings. The van der Waals surface area contributed by atoms with Crippen LogP contribution in [0, 0.1) is 0 Å². The maximum atomic E-state index is 13.5. The normalized spacial score (nSPS) is 11.9. The number of fused-ring (bicyclic) bond motifs is 1. The summed E-state index contributed by atoms with van der Waals surface area (Å²) in [4.78, 5) is 40.5. The first-order chi connectivity index (χ1) is 21.4. The molecule has 8 heteroatoms. The molecule has 0 aliphatic heterocycles. The van der Waals surface area contributed by atoms with E-state index in [0.29, 0.717) is 28.3 Å². The van der Waals surface area contributed by atoms with E-state index in [4.69, 9.17) is 11.6 Å². The maximum absolute atomic E-state index is 13.5. The average Bonchev–Trinajstić information content (AvgIpc) is 3.04. The number of amides is 3. The standard InChI is InChI=1S/C36H30ClN3O3S/c1-2-33(36(43)39-31-20-9-15-25-12-6-7-19-30(25)31)44-29-18-10-17-28(23-29)38-35(42)32(22-24-11-8-16-27(37)21-24)40-34(41)26-13-4-3-5-14-26/h3-23,33H,2H2,1H3,(H,38,42)(H,39,43)(H,40,41)/b32-22-. The second-order valence-corrected chi connectivity index (χ2v) is 11.7. The van der Waals surface area contributed by atoms with Crippen molar-refractivity contribution in [2.45, 2.75) is 23.5 Å². The number of carbonyl (C=O) groups is 3. The van der Waals surface area contributed by atoms with Crippen LogP contribution in [0.3, 0.4) is 0 Å². The van der Waals surface area contributed by atoms with Crippen LogP contribution < -0.4 is 16.0 Å². The van der Waals surface area contributed by atoms with Gasteiger partial charge in [-0.25, -0.2) is 0 Å². The maximum Gasteiger partial charge on any atom is 0.272 e. The molecular weight excluding hydrogens is 590 g/mol. The molecule has 0 heterocycles. The smallest absolute Gasteiger partial charge is 0.272 e. The lowest BCUT2D eigenvalue weighted by Gasteiger charge is -2.17. The van der Waals surface area contributed by atoms with E-state index in [2.05, 4.69) is 16.0 Å². The van der Waals surface area contributed by atoms with Crippen molar-refractivity contribution in [1.29, 1.82) is 0 Å². The number of nitrogens with one attached hydrogen (secondary N) is 3. The van der Waals surface area contributed by atoms with Crippen molar-refractivity contribution < 1.29 is 14.4 Å². The minimum atomic E-state index is -0.503. The highest BCUT2D eigenvalue weighted by atomic mass is 35.5. The Morgan fingerprint density at radius 1 is 0.795 bits per heavy atom. The van der Waals surface area contributed by atoms with Crippen molar-refractivity contribution in [3.63, 3.8) is 0 Å². The van der Waals surface area contributed by atoms with E-state index in [0.717, 1.165) is 21.4 Å². The zero-order chi connectivity index (χ0) is 30.9. The molecular formula is C36H30ClN3O3S. The molecule has 0 aliphatic carbocycles. The SMILES string of the molecule is CCC(Sc1cccc(NC(=O)/C(=C/c2cccc(Cl)c2)NC(=O)c2ccccc2)c1)C(=O)Nc1cccc2ccccc12. The van der Waals surface area contributed by atoms with Gasteiger partial charge in [0.25, 0.3) is 11.8 Å². The molecule has 0 radical (unpaired) electrons. The number of carbonyl (C=O) groups excluding carboxylic acids is 3. The van der Waals surface area contributed by atoms with E-state index in [-0.39, 0.29) is 16.9 Å². The van der Waals surface area contributed by atoms with E-state index in [1.165, 1.54) is 11.8 Å². The Kier molecular flexibility index (Phi) is 10.1. The van der Waals surface area contributed by atoms with Crippen LogP contribution in [0.1, 0.15) is 29.3 Å². The summed E-state index contributed by atoms with van der Waals surface area (Å²) in [6.45, 7) is 1.97. The summed E-state index contributed by atoms with van der Waals surface area (Å²) in [6, 6.07) is 36.7. The van der Waals surface area contributed by atoms with Gasteiger partial charge in [0.15, 0.2) is 0 Å². The molecule has 0 aromatic heterocycles. The Labute approximate surface area is 265 Å². The van der Waals surface area contributed by atoms with Gasteiger partial charge >= 0.3 is 0 Å². The number of thioether (sulfide) groups is 1. The van der Waals surface area contributed by atoms with Crippen LogP contribution in [0.5, 0.6) is 0 Å². The molecule has 6 nitrogen and oxygen atoms in total. The number of hydrogen-bond acceptors (Lipinski definition) is 4. The van der Waals surface area contributed by atoms with Crippen molar-refractivity contribution in [1.82, 2.24) is 5.32 Å². The first kappa shape index (κ1) is 30.6. The summed E-state index contributed by atoms with van der Waals surface area (Å²) < 4.78 is 0. The minimum Gasteiger partial charge on any atom is -0.325 e. The molecule has 1 unspecified atom stereocenters. The van der Waals surface area contributed by atoms with Crippen molar-refractivity contribution in [3.8, 4) is 0 Å². The van der Waals surface area contributed by atoms with Gasteiger partial charge in [0, 0.05) is 32.2 Å². The molecule has 0 saturated heterocycles. The van der Waals surface area contributed by atoms with Crippen LogP contribution in [0.15, 0.2) is 132 Å². The van der Waals surface area contributed by atoms with Crippen molar-refractivity contribution >= 4 is 69.3 Å². The molecule has 5 aromatic carbocycles. The van der Waals surface area contributed by atoms with Crippen molar-refractivity contribution in [2.24, 2.45) is 0 Å². The molecule has 5 aromatic rings. The monoisotopic (exact) mass is 619 g/mol. The summed E-state index contributed by atoms with van der Waals surface area (Å²) in [6.07, 6.45) is 2.18. The third kappa shape index (κ3) is 7.95. The van der Waals surface area contributed by atoms with Gasteiger partial charge in [0.2, 0.25) is 5.91 Å². The number of halogens is 1. The van der Waals surface area contributed by atoms with Crippen LogP contribution in [-0.2, 0) is 9.59 Å². The summed E-state index contributed by atoms with van der Waals surface area (Å²) >= 11 is 7.58. The predicted molar refractivity (Wildman–Crippen MR) is 181 cm³/mol. The number of benzene rings is 5. The summed E-state index contributed by atoms with van der Waals surface area (Å²) in [5.41, 5.74) is 2.42. The van der Waals surface area contributed by atoms with Gasteiger partial charge in [-0.1, -0.05) is 91.3 Å². The predicted octanol–water partition coefficient (Wildman–Crippen LogP) is 8.41. The second-order valence-electron chi connectivity index (χ2n) is 9.95. The highest BCUT2D eigenvalue weighted by Gasteiger charge is 2.20. The molecule has 0 fully saturated rings. The highest BCUT2D eigenvalue weighted by molar-refractivity contribution is 8.00. The number of hydrogen-bond donors (Lipinski definition) is 3. The lowest BCUT2D eigenvalue weighted by atomic mass is 10.1. The van der Waals surface area contributed by atoms with Gasteiger partial charge in [-0.15, -0.1) is 11.8 Å². The fourth-order valence-corrected chi connectivity index (χ4v) is 5.80. The number of rotatable bonds is 10. The Morgan fingerprint density at radius 2 is 1.52 bits per heavy atom. The van der Waals surface area contributed by atoms with Gasteiger partial charge in [-0.2, -0.15) is 0 Å². The molecule has 0 saturated carbocycles. The van der Waals surface area contributed by atoms with Crippen LogP contribution in [0.25, 0.3) is 16.8 Å². The topological polar surface area (TPSA) is 87.3 Å². The van der Waals surface area contributed by atoms with Gasteiger partial charge in [0.05, 0.1) is 5.25 Å². The van der Waals surface area contributed by atoms with E-state index >= 15 is 0 Å². The molecule has 3 N–H and O–H groups in total. The van der Waals surface area contributed by atoms with Gasteiger partial charge in [-0.05, 0) is 72.0 Å². The molecule has 0 bridgehead atoms. The molecule has 220 valence electrons. The third-order valence-electron chi connectivity index (χ3n) is 6.77. The van der Waals surface area contributed by atoms with Gasteiger partial charge < -0.3 is 16.0 Å². The highest BCUT2D eigenvalue weighted by Crippen LogP contribution is 2.30. The lowest BCUT2D eigenvalue weighted by molar-refractivity contribution is -0.116. The Hall–Kier alpha value is -4.85. The Morgan fingerprint density at radius 3 is 2.32 bits per heavy atom. The number of anilines is 2. The van der Waals surface area contributed by atoms with Crippen molar-refractivity contribution in [2.75, 3.05) is 10.6 Å². The van der Waals surface area contributed by atoms with Crippen LogP contribution >= 0.6 is 23.4 Å². The Bertz CT molecular complexity index is 1840. The fraction of sp³-hybridized carbons (Fsp3) is 0.0833. The first-order valence-corrected chi connectivity index (χ1v) is 15.4. The summed E-state index contributed by atoms with van der Waals surface area (Å²) in [7, 11) is 0. The summed E-state index contributed by atoms with van der Waals surface area (Å²) in [5.74, 6) is -1.02. The minimum absolute atomic E-state index is 0.0556. The molecule has 3 amide bonds. The largest absolute Gasteiger partial charge is 0.325 e. The summed E-state index contributed by atoms with van der Waals surface area (Å²) in [5, 5.41) is 10.9. The molecule has 0 spiro atoms. The zero-order valence-electron chi connectivity index (χ0n) is 23.9.